The first kappa shape index (κ1) is 12.2. The molecule has 0 spiro atoms. The lowest BCUT2D eigenvalue weighted by Gasteiger charge is -2.22. The molecule has 2 aromatic heterocycles. The molecule has 0 aliphatic heterocycles. The average molecular weight is 246 g/mol. The van der Waals surface area contributed by atoms with Gasteiger partial charge in [0.25, 0.3) is 0 Å². The van der Waals surface area contributed by atoms with E-state index in [1.807, 2.05) is 24.0 Å². The molecule has 0 fully saturated rings. The van der Waals surface area contributed by atoms with Gasteiger partial charge in [0.1, 0.15) is 5.76 Å². The Morgan fingerprint density at radius 2 is 2.28 bits per heavy atom. The Morgan fingerprint density at radius 1 is 1.44 bits per heavy atom. The fourth-order valence-corrected chi connectivity index (χ4v) is 1.77. The van der Waals surface area contributed by atoms with E-state index in [0.717, 1.165) is 5.76 Å². The van der Waals surface area contributed by atoms with Crippen LogP contribution in [0.4, 0.5) is 5.69 Å². The Bertz CT molecular complexity index is 523. The summed E-state index contributed by atoms with van der Waals surface area (Å²) in [5.41, 5.74) is 0.662. The molecule has 94 valence electrons. The normalized spacial score (nSPS) is 10.3. The minimum atomic E-state index is -1.02. The topological polar surface area (TPSA) is 66.6 Å². The molecule has 2 rings (SSSR count). The second kappa shape index (κ2) is 5.35. The summed E-state index contributed by atoms with van der Waals surface area (Å²) in [4.78, 5) is 16.9. The number of carboxylic acid groups (broad SMARTS) is 1. The smallest absolute Gasteiger partial charge is 0.356 e. The summed E-state index contributed by atoms with van der Waals surface area (Å²) < 4.78 is 5.28. The number of nitrogens with zero attached hydrogens (tertiary/aromatic N) is 2. The first-order chi connectivity index (χ1) is 8.72. The van der Waals surface area contributed by atoms with Gasteiger partial charge in [-0.1, -0.05) is 0 Å². The van der Waals surface area contributed by atoms with Gasteiger partial charge >= 0.3 is 5.97 Å². The minimum absolute atomic E-state index is 0.0610. The quantitative estimate of drug-likeness (QED) is 0.877. The van der Waals surface area contributed by atoms with Crippen molar-refractivity contribution >= 4 is 11.7 Å². The molecule has 18 heavy (non-hydrogen) atoms. The van der Waals surface area contributed by atoms with Crippen molar-refractivity contribution in [1.29, 1.82) is 0 Å². The van der Waals surface area contributed by atoms with Crippen LogP contribution in [0.25, 0.3) is 0 Å². The van der Waals surface area contributed by atoms with Gasteiger partial charge in [-0.2, -0.15) is 0 Å². The van der Waals surface area contributed by atoms with E-state index in [9.17, 15) is 4.79 Å². The van der Waals surface area contributed by atoms with E-state index in [2.05, 4.69) is 4.98 Å². The van der Waals surface area contributed by atoms with Crippen LogP contribution < -0.4 is 4.90 Å². The highest BCUT2D eigenvalue weighted by Crippen LogP contribution is 2.20. The molecular weight excluding hydrogens is 232 g/mol. The van der Waals surface area contributed by atoms with Crippen molar-refractivity contribution in [3.63, 3.8) is 0 Å². The Kier molecular flexibility index (Phi) is 3.62. The van der Waals surface area contributed by atoms with Crippen LogP contribution in [0.2, 0.25) is 0 Å². The minimum Gasteiger partial charge on any atom is -0.476 e. The van der Waals surface area contributed by atoms with Crippen LogP contribution in [-0.4, -0.2) is 22.6 Å². The number of rotatable bonds is 5. The third-order valence-corrected chi connectivity index (χ3v) is 2.64. The summed E-state index contributed by atoms with van der Waals surface area (Å²) in [7, 11) is 0. The van der Waals surface area contributed by atoms with E-state index in [1.54, 1.807) is 18.4 Å². The maximum Gasteiger partial charge on any atom is 0.356 e. The number of aromatic nitrogens is 1. The van der Waals surface area contributed by atoms with Gasteiger partial charge in [0.2, 0.25) is 0 Å². The highest BCUT2D eigenvalue weighted by molar-refractivity contribution is 5.92. The summed E-state index contributed by atoms with van der Waals surface area (Å²) in [5, 5.41) is 9.12. The van der Waals surface area contributed by atoms with Gasteiger partial charge in [-0.05, 0) is 31.2 Å². The van der Waals surface area contributed by atoms with Crippen molar-refractivity contribution < 1.29 is 14.3 Å². The number of hydrogen-bond acceptors (Lipinski definition) is 4. The highest BCUT2D eigenvalue weighted by Gasteiger charge is 2.16. The van der Waals surface area contributed by atoms with E-state index in [0.29, 0.717) is 18.8 Å². The standard InChI is InChI=1S/C13H14N2O3/c1-2-15(9-10-5-4-8-18-10)11-6-3-7-14-12(11)13(16)17/h3-8H,2,9H2,1H3,(H,16,17). The molecule has 0 atom stereocenters. The summed E-state index contributed by atoms with van der Waals surface area (Å²) in [6, 6.07) is 7.15. The predicted molar refractivity (Wildman–Crippen MR) is 66.6 cm³/mol. The summed E-state index contributed by atoms with van der Waals surface area (Å²) in [5.74, 6) is -0.236. The van der Waals surface area contributed by atoms with Crippen LogP contribution in [0.15, 0.2) is 41.1 Å². The van der Waals surface area contributed by atoms with Crippen molar-refractivity contribution in [2.75, 3.05) is 11.4 Å². The molecule has 2 aromatic rings. The van der Waals surface area contributed by atoms with E-state index < -0.39 is 5.97 Å². The van der Waals surface area contributed by atoms with Gasteiger partial charge in [0.15, 0.2) is 5.69 Å². The predicted octanol–water partition coefficient (Wildman–Crippen LogP) is 2.40. The number of aromatic carboxylic acids is 1. The molecule has 5 nitrogen and oxygen atoms in total. The summed E-state index contributed by atoms with van der Waals surface area (Å²) >= 11 is 0. The number of carboxylic acids is 1. The fraction of sp³-hybridized carbons (Fsp3) is 0.231. The number of pyridine rings is 1. The van der Waals surface area contributed by atoms with Crippen LogP contribution in [0, 0.1) is 0 Å². The van der Waals surface area contributed by atoms with Gasteiger partial charge < -0.3 is 14.4 Å². The lowest BCUT2D eigenvalue weighted by molar-refractivity contribution is 0.0691. The van der Waals surface area contributed by atoms with Gasteiger partial charge in [-0.15, -0.1) is 0 Å². The van der Waals surface area contributed by atoms with Crippen LogP contribution in [0.3, 0.4) is 0 Å². The fourth-order valence-electron chi connectivity index (χ4n) is 1.77. The Balaban J connectivity index is 2.30. The molecule has 0 radical (unpaired) electrons. The molecule has 0 unspecified atom stereocenters. The third-order valence-electron chi connectivity index (χ3n) is 2.64. The van der Waals surface area contributed by atoms with E-state index in [4.69, 9.17) is 9.52 Å². The molecule has 0 amide bonds. The zero-order valence-electron chi connectivity index (χ0n) is 10.0. The number of carbonyl (C=O) groups is 1. The molecular formula is C13H14N2O3. The van der Waals surface area contributed by atoms with Crippen molar-refractivity contribution in [2.24, 2.45) is 0 Å². The molecule has 2 heterocycles. The first-order valence-electron chi connectivity index (χ1n) is 5.68. The zero-order chi connectivity index (χ0) is 13.0. The molecule has 0 saturated carbocycles. The summed E-state index contributed by atoms with van der Waals surface area (Å²) in [6.07, 6.45) is 3.08. The number of anilines is 1. The largest absolute Gasteiger partial charge is 0.476 e. The van der Waals surface area contributed by atoms with E-state index in [-0.39, 0.29) is 5.69 Å². The maximum absolute atomic E-state index is 11.1. The monoisotopic (exact) mass is 246 g/mol. The lowest BCUT2D eigenvalue weighted by Crippen LogP contribution is -2.24. The van der Waals surface area contributed by atoms with Crippen LogP contribution >= 0.6 is 0 Å². The molecule has 0 aliphatic carbocycles. The van der Waals surface area contributed by atoms with Crippen molar-refractivity contribution in [1.82, 2.24) is 4.98 Å². The second-order valence-electron chi connectivity index (χ2n) is 3.77. The maximum atomic E-state index is 11.1. The number of furan rings is 1. The van der Waals surface area contributed by atoms with Crippen molar-refractivity contribution in [3.8, 4) is 0 Å². The molecule has 0 bridgehead atoms. The number of hydrogen-bond donors (Lipinski definition) is 1. The van der Waals surface area contributed by atoms with Crippen LogP contribution in [0.5, 0.6) is 0 Å². The molecule has 0 aromatic carbocycles. The molecule has 1 N–H and O–H groups in total. The first-order valence-corrected chi connectivity index (χ1v) is 5.68. The highest BCUT2D eigenvalue weighted by atomic mass is 16.4. The molecule has 5 heteroatoms. The van der Waals surface area contributed by atoms with E-state index >= 15 is 0 Å². The van der Waals surface area contributed by atoms with Gasteiger partial charge in [0, 0.05) is 12.7 Å². The van der Waals surface area contributed by atoms with Crippen molar-refractivity contribution in [3.05, 3.63) is 48.2 Å². The van der Waals surface area contributed by atoms with E-state index in [1.165, 1.54) is 6.20 Å². The SMILES string of the molecule is CCN(Cc1ccco1)c1cccnc1C(=O)O. The lowest BCUT2D eigenvalue weighted by atomic mass is 10.2. The second-order valence-corrected chi connectivity index (χ2v) is 3.77. The van der Waals surface area contributed by atoms with Crippen LogP contribution in [0.1, 0.15) is 23.2 Å². The Morgan fingerprint density at radius 3 is 2.89 bits per heavy atom. The molecule has 0 saturated heterocycles. The Labute approximate surface area is 105 Å². The third kappa shape index (κ3) is 2.51. The van der Waals surface area contributed by atoms with Gasteiger partial charge in [0.05, 0.1) is 18.5 Å². The molecule has 0 aliphatic rings. The Hall–Kier alpha value is -2.30. The average Bonchev–Trinajstić information content (AvgIpc) is 2.88. The van der Waals surface area contributed by atoms with Gasteiger partial charge in [-0.3, -0.25) is 0 Å². The van der Waals surface area contributed by atoms with Crippen LogP contribution in [-0.2, 0) is 6.54 Å². The van der Waals surface area contributed by atoms with Gasteiger partial charge in [-0.25, -0.2) is 9.78 Å². The van der Waals surface area contributed by atoms with Crippen molar-refractivity contribution in [2.45, 2.75) is 13.5 Å². The summed E-state index contributed by atoms with van der Waals surface area (Å²) in [6.45, 7) is 3.16. The zero-order valence-corrected chi connectivity index (χ0v) is 10.0.